The number of hydrogen-bond donors (Lipinski definition) is 0. The molecular formula is C25H21ClN4O3. The Morgan fingerprint density at radius 3 is 2.52 bits per heavy atom. The molecule has 0 fully saturated rings. The van der Waals surface area contributed by atoms with Gasteiger partial charge in [-0.3, -0.25) is 4.79 Å². The lowest BCUT2D eigenvalue weighted by molar-refractivity contribution is 0.0762. The van der Waals surface area contributed by atoms with Gasteiger partial charge in [-0.25, -0.2) is 4.98 Å². The van der Waals surface area contributed by atoms with E-state index in [9.17, 15) is 4.79 Å². The second kappa shape index (κ2) is 9.31. The minimum Gasteiger partial charge on any atom is -0.497 e. The van der Waals surface area contributed by atoms with E-state index < -0.39 is 0 Å². The molecule has 7 nitrogen and oxygen atoms in total. The summed E-state index contributed by atoms with van der Waals surface area (Å²) < 4.78 is 11.4. The summed E-state index contributed by atoms with van der Waals surface area (Å²) in [6.07, 6.45) is 3.16. The number of halogens is 1. The smallest absolute Gasteiger partial charge is 0.273 e. The van der Waals surface area contributed by atoms with E-state index in [0.29, 0.717) is 24.4 Å². The summed E-state index contributed by atoms with van der Waals surface area (Å²) in [5, 5.41) is 8.72. The molecule has 0 unspecified atom stereocenters. The lowest BCUT2D eigenvalue weighted by Gasteiger charge is -2.16. The van der Waals surface area contributed by atoms with Crippen molar-refractivity contribution in [1.82, 2.24) is 14.9 Å². The van der Waals surface area contributed by atoms with E-state index in [-0.39, 0.29) is 22.8 Å². The maximum Gasteiger partial charge on any atom is 0.273 e. The Labute approximate surface area is 196 Å². The van der Waals surface area contributed by atoms with Crippen LogP contribution in [-0.4, -0.2) is 27.9 Å². The number of rotatable bonds is 6. The van der Waals surface area contributed by atoms with Crippen molar-refractivity contribution in [2.24, 2.45) is 0 Å². The average molecular weight is 461 g/mol. The highest BCUT2D eigenvalue weighted by Gasteiger charge is 2.33. The minimum absolute atomic E-state index is 0.0488. The highest BCUT2D eigenvalue weighted by Crippen LogP contribution is 2.36. The number of aryl methyl sites for hydroxylation is 2. The lowest BCUT2D eigenvalue weighted by Crippen LogP contribution is -2.23. The number of allylic oxidation sites excluding steroid dienone is 1. The third-order valence-electron chi connectivity index (χ3n) is 5.34. The standard InChI is InChI=1S/C25H21ClN4O3/c1-15-11-18(5-4-10-27)12-16(2)22(15)33-23-20-14-30(24(31)21(20)28-25(26)29-23)13-17-6-8-19(32-3)9-7-17/h4-9,11-12H,13-14H2,1-3H3/b5-4+. The molecule has 2 heterocycles. The summed E-state index contributed by atoms with van der Waals surface area (Å²) in [5.41, 5.74) is 4.45. The summed E-state index contributed by atoms with van der Waals surface area (Å²) in [6.45, 7) is 4.55. The van der Waals surface area contributed by atoms with Gasteiger partial charge < -0.3 is 14.4 Å². The summed E-state index contributed by atoms with van der Waals surface area (Å²) in [5.74, 6) is 1.42. The number of ether oxygens (including phenoxy) is 2. The predicted octanol–water partition coefficient (Wildman–Crippen LogP) is 5.24. The number of nitrogens with zero attached hydrogens (tertiary/aromatic N) is 4. The van der Waals surface area contributed by atoms with Crippen LogP contribution >= 0.6 is 11.6 Å². The molecule has 33 heavy (non-hydrogen) atoms. The van der Waals surface area contributed by atoms with Crippen molar-refractivity contribution >= 4 is 23.6 Å². The second-order valence-corrected chi connectivity index (χ2v) is 8.02. The number of carbonyl (C=O) groups is 1. The van der Waals surface area contributed by atoms with Crippen LogP contribution in [0.25, 0.3) is 6.08 Å². The van der Waals surface area contributed by atoms with Gasteiger partial charge in [-0.2, -0.15) is 10.2 Å². The molecule has 0 bridgehead atoms. The van der Waals surface area contributed by atoms with Crippen molar-refractivity contribution in [2.75, 3.05) is 7.11 Å². The van der Waals surface area contributed by atoms with E-state index in [1.54, 1.807) is 18.1 Å². The van der Waals surface area contributed by atoms with E-state index in [4.69, 9.17) is 26.3 Å². The van der Waals surface area contributed by atoms with Crippen LogP contribution in [0.3, 0.4) is 0 Å². The van der Waals surface area contributed by atoms with Crippen LogP contribution in [0.4, 0.5) is 0 Å². The third-order valence-corrected chi connectivity index (χ3v) is 5.51. The van der Waals surface area contributed by atoms with Gasteiger partial charge in [-0.15, -0.1) is 0 Å². The molecule has 1 amide bonds. The molecule has 166 valence electrons. The zero-order chi connectivity index (χ0) is 23.5. The number of carbonyl (C=O) groups excluding carboxylic acids is 1. The van der Waals surface area contributed by atoms with Crippen LogP contribution in [0.5, 0.6) is 17.4 Å². The number of aromatic nitrogens is 2. The van der Waals surface area contributed by atoms with Crippen LogP contribution in [0.1, 0.15) is 38.3 Å². The molecule has 4 rings (SSSR count). The van der Waals surface area contributed by atoms with Crippen LogP contribution < -0.4 is 9.47 Å². The highest BCUT2D eigenvalue weighted by atomic mass is 35.5. The van der Waals surface area contributed by atoms with E-state index in [2.05, 4.69) is 9.97 Å². The second-order valence-electron chi connectivity index (χ2n) is 7.68. The number of hydrogen-bond acceptors (Lipinski definition) is 6. The van der Waals surface area contributed by atoms with Crippen molar-refractivity contribution in [1.29, 1.82) is 5.26 Å². The Kier molecular flexibility index (Phi) is 6.29. The quantitative estimate of drug-likeness (QED) is 0.369. The number of fused-ring (bicyclic) bond motifs is 1. The van der Waals surface area contributed by atoms with Crippen molar-refractivity contribution in [2.45, 2.75) is 26.9 Å². The Balaban J connectivity index is 1.62. The van der Waals surface area contributed by atoms with Crippen molar-refractivity contribution in [3.63, 3.8) is 0 Å². The summed E-state index contributed by atoms with van der Waals surface area (Å²) in [4.78, 5) is 23.1. The highest BCUT2D eigenvalue weighted by molar-refractivity contribution is 6.28. The van der Waals surface area contributed by atoms with Gasteiger partial charge in [0.15, 0.2) is 0 Å². The monoisotopic (exact) mass is 460 g/mol. The zero-order valence-electron chi connectivity index (χ0n) is 18.4. The van der Waals surface area contributed by atoms with Crippen LogP contribution in [-0.2, 0) is 13.1 Å². The topological polar surface area (TPSA) is 88.3 Å². The third kappa shape index (κ3) is 4.66. The zero-order valence-corrected chi connectivity index (χ0v) is 19.2. The van der Waals surface area contributed by atoms with Crippen molar-refractivity contribution in [3.8, 4) is 23.4 Å². The summed E-state index contributed by atoms with van der Waals surface area (Å²) in [7, 11) is 1.61. The Morgan fingerprint density at radius 1 is 1.18 bits per heavy atom. The number of nitriles is 1. The van der Waals surface area contributed by atoms with Gasteiger partial charge in [-0.1, -0.05) is 12.1 Å². The Morgan fingerprint density at radius 2 is 1.88 bits per heavy atom. The molecule has 3 aromatic rings. The SMILES string of the molecule is COc1ccc(CN2Cc3c(Oc4c(C)cc(/C=C/C#N)cc4C)nc(Cl)nc3C2=O)cc1. The fraction of sp³-hybridized carbons (Fsp3) is 0.200. The first kappa shape index (κ1) is 22.3. The molecule has 0 saturated carbocycles. The van der Waals surface area contributed by atoms with Crippen LogP contribution in [0.15, 0.2) is 42.5 Å². The molecule has 1 aliphatic heterocycles. The minimum atomic E-state index is -0.222. The van der Waals surface area contributed by atoms with Crippen LogP contribution in [0.2, 0.25) is 5.28 Å². The maximum atomic E-state index is 13.0. The molecule has 0 N–H and O–H groups in total. The Bertz CT molecular complexity index is 1270. The number of benzene rings is 2. The molecule has 0 spiro atoms. The lowest BCUT2D eigenvalue weighted by atomic mass is 10.1. The number of amides is 1. The molecule has 1 aromatic heterocycles. The van der Waals surface area contributed by atoms with Gasteiger partial charge in [-0.05, 0) is 78.0 Å². The predicted molar refractivity (Wildman–Crippen MR) is 124 cm³/mol. The fourth-order valence-electron chi connectivity index (χ4n) is 3.80. The first-order valence-electron chi connectivity index (χ1n) is 10.2. The van der Waals surface area contributed by atoms with E-state index in [1.807, 2.05) is 56.3 Å². The molecule has 0 saturated heterocycles. The molecule has 0 aliphatic carbocycles. The van der Waals surface area contributed by atoms with Crippen molar-refractivity contribution in [3.05, 3.63) is 81.3 Å². The summed E-state index contributed by atoms with van der Waals surface area (Å²) in [6, 6.07) is 13.4. The van der Waals surface area contributed by atoms with Gasteiger partial charge in [0, 0.05) is 12.6 Å². The van der Waals surface area contributed by atoms with E-state index in [1.165, 1.54) is 6.08 Å². The fourth-order valence-corrected chi connectivity index (χ4v) is 3.97. The average Bonchev–Trinajstić information content (AvgIpc) is 3.10. The normalized spacial score (nSPS) is 12.7. The van der Waals surface area contributed by atoms with Gasteiger partial charge in [0.2, 0.25) is 11.2 Å². The van der Waals surface area contributed by atoms with Gasteiger partial charge in [0.05, 0.1) is 25.3 Å². The molecule has 0 atom stereocenters. The molecule has 0 radical (unpaired) electrons. The molecule has 8 heteroatoms. The summed E-state index contributed by atoms with van der Waals surface area (Å²) >= 11 is 6.14. The Hall–Kier alpha value is -3.89. The van der Waals surface area contributed by atoms with Gasteiger partial charge in [0.1, 0.15) is 17.2 Å². The molecule has 1 aliphatic rings. The first-order valence-corrected chi connectivity index (χ1v) is 10.6. The number of methoxy groups -OCH3 is 1. The van der Waals surface area contributed by atoms with Crippen molar-refractivity contribution < 1.29 is 14.3 Å². The molecule has 2 aromatic carbocycles. The largest absolute Gasteiger partial charge is 0.497 e. The first-order chi connectivity index (χ1) is 15.9. The molecular weight excluding hydrogens is 440 g/mol. The van der Waals surface area contributed by atoms with Gasteiger partial charge >= 0.3 is 0 Å². The van der Waals surface area contributed by atoms with Gasteiger partial charge in [0.25, 0.3) is 5.91 Å². The van der Waals surface area contributed by atoms with E-state index in [0.717, 1.165) is 28.0 Å². The maximum absolute atomic E-state index is 13.0. The van der Waals surface area contributed by atoms with E-state index >= 15 is 0 Å². The van der Waals surface area contributed by atoms with Crippen LogP contribution in [0, 0.1) is 25.2 Å².